The lowest BCUT2D eigenvalue weighted by atomic mass is 9.88. The molecule has 1 aromatic rings. The molecule has 0 radical (unpaired) electrons. The van der Waals surface area contributed by atoms with E-state index in [1.807, 2.05) is 51.1 Å². The average molecular weight is 261 g/mol. The van der Waals surface area contributed by atoms with Crippen LogP contribution >= 0.6 is 0 Å². The zero-order valence-corrected chi connectivity index (χ0v) is 12.0. The van der Waals surface area contributed by atoms with Gasteiger partial charge in [0.25, 0.3) is 0 Å². The van der Waals surface area contributed by atoms with Gasteiger partial charge in [0.05, 0.1) is 6.04 Å². The molecule has 1 amide bonds. The second-order valence-electron chi connectivity index (χ2n) is 5.93. The third-order valence-electron chi connectivity index (χ3n) is 4.24. The normalized spacial score (nSPS) is 23.7. The first kappa shape index (κ1) is 14.1. The fourth-order valence-corrected chi connectivity index (χ4v) is 2.57. The summed E-state index contributed by atoms with van der Waals surface area (Å²) in [5, 5.41) is 10.2. The topological polar surface area (TPSA) is 40.5 Å². The standard InChI is InChI=1S/C16H23NO2/c1-4-16(2,3)15(19)17-13(10-11-14(17)18)12-8-6-5-7-9-12/h5-9,13-14,18H,4,10-11H2,1-3H3. The molecule has 1 fully saturated rings. The minimum absolute atomic E-state index is 0.00882. The highest BCUT2D eigenvalue weighted by molar-refractivity contribution is 5.82. The second kappa shape index (κ2) is 5.33. The molecular weight excluding hydrogens is 238 g/mol. The van der Waals surface area contributed by atoms with E-state index in [9.17, 15) is 9.90 Å². The van der Waals surface area contributed by atoms with Crippen LogP contribution in [0, 0.1) is 5.41 Å². The van der Waals surface area contributed by atoms with Crippen LogP contribution in [0.2, 0.25) is 0 Å². The van der Waals surface area contributed by atoms with Gasteiger partial charge in [0.2, 0.25) is 5.91 Å². The van der Waals surface area contributed by atoms with E-state index in [2.05, 4.69) is 0 Å². The Labute approximate surface area is 115 Å². The summed E-state index contributed by atoms with van der Waals surface area (Å²) in [6.07, 6.45) is 1.61. The number of carbonyl (C=O) groups is 1. The van der Waals surface area contributed by atoms with Crippen LogP contribution < -0.4 is 0 Å². The number of hydrogen-bond donors (Lipinski definition) is 1. The highest BCUT2D eigenvalue weighted by atomic mass is 16.3. The first-order valence-electron chi connectivity index (χ1n) is 7.03. The molecule has 3 heteroatoms. The van der Waals surface area contributed by atoms with Crippen molar-refractivity contribution in [2.75, 3.05) is 0 Å². The van der Waals surface area contributed by atoms with Gasteiger partial charge in [-0.1, -0.05) is 51.1 Å². The lowest BCUT2D eigenvalue weighted by Gasteiger charge is -2.34. The van der Waals surface area contributed by atoms with E-state index < -0.39 is 11.6 Å². The number of benzene rings is 1. The van der Waals surface area contributed by atoms with E-state index >= 15 is 0 Å². The van der Waals surface area contributed by atoms with Crippen molar-refractivity contribution in [2.24, 2.45) is 5.41 Å². The number of likely N-dealkylation sites (tertiary alicyclic amines) is 1. The average Bonchev–Trinajstić information content (AvgIpc) is 2.80. The highest BCUT2D eigenvalue weighted by Crippen LogP contribution is 2.38. The van der Waals surface area contributed by atoms with Gasteiger partial charge < -0.3 is 10.0 Å². The molecule has 2 atom stereocenters. The molecule has 3 nitrogen and oxygen atoms in total. The van der Waals surface area contributed by atoms with E-state index in [4.69, 9.17) is 0 Å². The van der Waals surface area contributed by atoms with Crippen LogP contribution in [0.15, 0.2) is 30.3 Å². The zero-order valence-electron chi connectivity index (χ0n) is 12.0. The largest absolute Gasteiger partial charge is 0.374 e. The van der Waals surface area contributed by atoms with Gasteiger partial charge in [-0.25, -0.2) is 0 Å². The summed E-state index contributed by atoms with van der Waals surface area (Å²) in [6, 6.07) is 10.00. The third kappa shape index (κ3) is 2.66. The van der Waals surface area contributed by atoms with Crippen molar-refractivity contribution in [3.8, 4) is 0 Å². The van der Waals surface area contributed by atoms with Gasteiger partial charge in [-0.05, 0) is 24.8 Å². The van der Waals surface area contributed by atoms with Gasteiger partial charge in [0.15, 0.2) is 0 Å². The molecule has 0 spiro atoms. The Morgan fingerprint density at radius 3 is 2.53 bits per heavy atom. The van der Waals surface area contributed by atoms with Crippen molar-refractivity contribution < 1.29 is 9.90 Å². The Morgan fingerprint density at radius 1 is 1.32 bits per heavy atom. The number of nitrogens with zero attached hydrogens (tertiary/aromatic N) is 1. The number of aliphatic hydroxyl groups is 1. The summed E-state index contributed by atoms with van der Waals surface area (Å²) in [7, 11) is 0. The number of amides is 1. The Bertz CT molecular complexity index is 441. The minimum Gasteiger partial charge on any atom is -0.374 e. The quantitative estimate of drug-likeness (QED) is 0.908. The summed E-state index contributed by atoms with van der Waals surface area (Å²) >= 11 is 0. The molecule has 0 saturated carbocycles. The van der Waals surface area contributed by atoms with Crippen molar-refractivity contribution in [1.82, 2.24) is 4.90 Å². The predicted molar refractivity (Wildman–Crippen MR) is 75.3 cm³/mol. The summed E-state index contributed by atoms with van der Waals surface area (Å²) < 4.78 is 0. The Kier molecular flexibility index (Phi) is 3.95. The van der Waals surface area contributed by atoms with Crippen LogP contribution in [-0.4, -0.2) is 22.1 Å². The monoisotopic (exact) mass is 261 g/mol. The van der Waals surface area contributed by atoms with Gasteiger partial charge in [0, 0.05) is 5.41 Å². The fraction of sp³-hybridized carbons (Fsp3) is 0.562. The first-order chi connectivity index (χ1) is 8.97. The molecule has 1 aliphatic rings. The van der Waals surface area contributed by atoms with Crippen molar-refractivity contribution in [2.45, 2.75) is 52.3 Å². The van der Waals surface area contributed by atoms with Crippen LogP contribution in [0.5, 0.6) is 0 Å². The van der Waals surface area contributed by atoms with Gasteiger partial charge in [-0.3, -0.25) is 4.79 Å². The summed E-state index contributed by atoms with van der Waals surface area (Å²) in [4.78, 5) is 14.3. The van der Waals surface area contributed by atoms with Crippen LogP contribution in [0.1, 0.15) is 51.6 Å². The maximum atomic E-state index is 12.7. The summed E-state index contributed by atoms with van der Waals surface area (Å²) in [6.45, 7) is 5.91. The molecule has 2 unspecified atom stereocenters. The fourth-order valence-electron chi connectivity index (χ4n) is 2.57. The van der Waals surface area contributed by atoms with E-state index in [0.29, 0.717) is 6.42 Å². The van der Waals surface area contributed by atoms with E-state index in [0.717, 1.165) is 18.4 Å². The summed E-state index contributed by atoms with van der Waals surface area (Å²) in [5.74, 6) is 0.0499. The SMILES string of the molecule is CCC(C)(C)C(=O)N1C(O)CCC1c1ccccc1. The van der Waals surface area contributed by atoms with Crippen molar-refractivity contribution >= 4 is 5.91 Å². The Morgan fingerprint density at radius 2 is 1.95 bits per heavy atom. The van der Waals surface area contributed by atoms with Crippen LogP contribution in [0.4, 0.5) is 0 Å². The van der Waals surface area contributed by atoms with Crippen LogP contribution in [0.3, 0.4) is 0 Å². The van der Waals surface area contributed by atoms with Crippen molar-refractivity contribution in [1.29, 1.82) is 0 Å². The smallest absolute Gasteiger partial charge is 0.230 e. The lowest BCUT2D eigenvalue weighted by Crippen LogP contribution is -2.44. The zero-order chi connectivity index (χ0) is 14.0. The second-order valence-corrected chi connectivity index (χ2v) is 5.93. The van der Waals surface area contributed by atoms with Crippen molar-refractivity contribution in [3.63, 3.8) is 0 Å². The number of carbonyl (C=O) groups excluding carboxylic acids is 1. The number of rotatable bonds is 3. The van der Waals surface area contributed by atoms with E-state index in [-0.39, 0.29) is 11.9 Å². The molecule has 104 valence electrons. The van der Waals surface area contributed by atoms with Gasteiger partial charge in [0.1, 0.15) is 6.23 Å². The minimum atomic E-state index is -0.650. The maximum absolute atomic E-state index is 12.7. The van der Waals surface area contributed by atoms with E-state index in [1.165, 1.54) is 0 Å². The maximum Gasteiger partial charge on any atom is 0.230 e. The molecule has 1 aromatic carbocycles. The van der Waals surface area contributed by atoms with Gasteiger partial charge in [-0.15, -0.1) is 0 Å². The molecule has 0 aromatic heterocycles. The molecular formula is C16H23NO2. The molecule has 1 heterocycles. The Hall–Kier alpha value is -1.35. The van der Waals surface area contributed by atoms with Crippen LogP contribution in [0.25, 0.3) is 0 Å². The molecule has 1 aliphatic heterocycles. The van der Waals surface area contributed by atoms with Gasteiger partial charge >= 0.3 is 0 Å². The van der Waals surface area contributed by atoms with Crippen LogP contribution in [-0.2, 0) is 4.79 Å². The molecule has 1 saturated heterocycles. The van der Waals surface area contributed by atoms with Gasteiger partial charge in [-0.2, -0.15) is 0 Å². The summed E-state index contributed by atoms with van der Waals surface area (Å²) in [5.41, 5.74) is 0.692. The first-order valence-corrected chi connectivity index (χ1v) is 7.03. The lowest BCUT2D eigenvalue weighted by molar-refractivity contribution is -0.150. The number of hydrogen-bond acceptors (Lipinski definition) is 2. The molecule has 0 bridgehead atoms. The predicted octanol–water partition coefficient (Wildman–Crippen LogP) is 3.10. The third-order valence-corrected chi connectivity index (χ3v) is 4.24. The Balaban J connectivity index is 2.29. The molecule has 19 heavy (non-hydrogen) atoms. The highest BCUT2D eigenvalue weighted by Gasteiger charge is 2.41. The molecule has 0 aliphatic carbocycles. The molecule has 1 N–H and O–H groups in total. The number of aliphatic hydroxyl groups excluding tert-OH is 1. The van der Waals surface area contributed by atoms with Crippen molar-refractivity contribution in [3.05, 3.63) is 35.9 Å². The van der Waals surface area contributed by atoms with E-state index in [1.54, 1.807) is 4.90 Å². The molecule has 2 rings (SSSR count).